The first-order valence-corrected chi connectivity index (χ1v) is 5.25. The largest absolute Gasteiger partial charge is 0.327 e. The zero-order valence-electron chi connectivity index (χ0n) is 7.16. The van der Waals surface area contributed by atoms with Gasteiger partial charge in [0.05, 0.1) is 0 Å². The van der Waals surface area contributed by atoms with Gasteiger partial charge in [0.2, 0.25) is 0 Å². The van der Waals surface area contributed by atoms with Crippen LogP contribution in [-0.4, -0.2) is 11.8 Å². The highest BCUT2D eigenvalue weighted by molar-refractivity contribution is 7.99. The van der Waals surface area contributed by atoms with Gasteiger partial charge in [-0.15, -0.1) is 11.8 Å². The fourth-order valence-corrected chi connectivity index (χ4v) is 3.03. The average molecular weight is 179 g/mol. The summed E-state index contributed by atoms with van der Waals surface area (Å²) in [7, 11) is 0. The molecule has 0 bridgehead atoms. The average Bonchev–Trinajstić information content (AvgIpc) is 2.47. The molecule has 1 aliphatic rings. The molecule has 0 aromatic heterocycles. The van der Waals surface area contributed by atoms with Gasteiger partial charge in [-0.25, -0.2) is 0 Å². The number of benzene rings is 1. The van der Waals surface area contributed by atoms with Crippen LogP contribution in [0.4, 0.5) is 0 Å². The highest BCUT2D eigenvalue weighted by atomic mass is 32.2. The summed E-state index contributed by atoms with van der Waals surface area (Å²) >= 11 is 1.92. The lowest BCUT2D eigenvalue weighted by molar-refractivity contribution is 0.622. The summed E-state index contributed by atoms with van der Waals surface area (Å²) < 4.78 is 0. The van der Waals surface area contributed by atoms with Crippen molar-refractivity contribution in [3.05, 3.63) is 29.8 Å². The second kappa shape index (κ2) is 3.11. The van der Waals surface area contributed by atoms with Crippen molar-refractivity contribution in [3.63, 3.8) is 0 Å². The molecule has 0 saturated carbocycles. The van der Waals surface area contributed by atoms with Crippen molar-refractivity contribution in [2.75, 3.05) is 5.75 Å². The molecule has 1 aromatic rings. The number of hydrogen-bond acceptors (Lipinski definition) is 2. The molecule has 2 atom stereocenters. The van der Waals surface area contributed by atoms with Crippen LogP contribution >= 0.6 is 11.8 Å². The summed E-state index contributed by atoms with van der Waals surface area (Å²) in [6.07, 6.45) is 0. The number of fused-ring (bicyclic) bond motifs is 1. The molecule has 2 N–H and O–H groups in total. The van der Waals surface area contributed by atoms with E-state index in [1.54, 1.807) is 0 Å². The topological polar surface area (TPSA) is 26.0 Å². The molecular formula is C10H13NS. The summed E-state index contributed by atoms with van der Waals surface area (Å²) in [5, 5.41) is 0. The van der Waals surface area contributed by atoms with E-state index in [0.29, 0.717) is 5.92 Å². The van der Waals surface area contributed by atoms with Crippen LogP contribution in [-0.2, 0) is 0 Å². The van der Waals surface area contributed by atoms with Crippen molar-refractivity contribution in [2.24, 2.45) is 5.73 Å². The van der Waals surface area contributed by atoms with Crippen molar-refractivity contribution in [1.29, 1.82) is 0 Å². The van der Waals surface area contributed by atoms with Crippen LogP contribution in [0.1, 0.15) is 18.4 Å². The minimum absolute atomic E-state index is 0.279. The maximum absolute atomic E-state index is 5.90. The quantitative estimate of drug-likeness (QED) is 0.715. The molecule has 2 unspecified atom stereocenters. The zero-order valence-corrected chi connectivity index (χ0v) is 7.97. The summed E-state index contributed by atoms with van der Waals surface area (Å²) in [5.41, 5.74) is 7.34. The highest BCUT2D eigenvalue weighted by Gasteiger charge is 2.25. The van der Waals surface area contributed by atoms with Crippen LogP contribution in [0.3, 0.4) is 0 Å². The Morgan fingerprint density at radius 2 is 2.25 bits per heavy atom. The molecule has 0 aliphatic carbocycles. The van der Waals surface area contributed by atoms with Crippen molar-refractivity contribution in [2.45, 2.75) is 23.8 Å². The Balaban J connectivity index is 2.36. The zero-order chi connectivity index (χ0) is 8.55. The predicted octanol–water partition coefficient (Wildman–Crippen LogP) is 2.22. The van der Waals surface area contributed by atoms with Gasteiger partial charge in [0, 0.05) is 22.6 Å². The van der Waals surface area contributed by atoms with Crippen molar-refractivity contribution in [3.8, 4) is 0 Å². The van der Waals surface area contributed by atoms with Crippen LogP contribution in [0.15, 0.2) is 29.2 Å². The molecule has 1 aliphatic heterocycles. The van der Waals surface area contributed by atoms with Gasteiger partial charge >= 0.3 is 0 Å². The molecule has 1 nitrogen and oxygen atoms in total. The Morgan fingerprint density at radius 3 is 3.00 bits per heavy atom. The number of nitrogens with two attached hydrogens (primary N) is 1. The Kier molecular flexibility index (Phi) is 2.11. The number of thioether (sulfide) groups is 1. The summed E-state index contributed by atoms with van der Waals surface area (Å²) in [6.45, 7) is 2.09. The highest BCUT2D eigenvalue weighted by Crippen LogP contribution is 2.40. The van der Waals surface area contributed by atoms with Crippen LogP contribution in [0.2, 0.25) is 0 Å². The van der Waals surface area contributed by atoms with Gasteiger partial charge in [-0.1, -0.05) is 18.2 Å². The number of rotatable bonds is 1. The van der Waals surface area contributed by atoms with Gasteiger partial charge in [0.1, 0.15) is 0 Å². The standard InChI is InChI=1S/C10H13NS/c1-7(11)9-6-12-10-5-3-2-4-8(9)10/h2-5,7,9H,6,11H2,1H3. The molecule has 2 heteroatoms. The Bertz CT molecular complexity index is 283. The molecule has 0 fully saturated rings. The van der Waals surface area contributed by atoms with E-state index in [4.69, 9.17) is 5.73 Å². The first-order valence-electron chi connectivity index (χ1n) is 4.26. The first-order chi connectivity index (χ1) is 5.79. The smallest absolute Gasteiger partial charge is 0.0108 e. The molecule has 1 heterocycles. The van der Waals surface area contributed by atoms with Crippen LogP contribution in [0, 0.1) is 0 Å². The van der Waals surface area contributed by atoms with Crippen molar-refractivity contribution < 1.29 is 0 Å². The van der Waals surface area contributed by atoms with Gasteiger partial charge in [0.25, 0.3) is 0 Å². The van der Waals surface area contributed by atoms with Crippen molar-refractivity contribution >= 4 is 11.8 Å². The Morgan fingerprint density at radius 1 is 1.50 bits per heavy atom. The lowest BCUT2D eigenvalue weighted by Crippen LogP contribution is -2.24. The van der Waals surface area contributed by atoms with E-state index in [1.165, 1.54) is 10.5 Å². The van der Waals surface area contributed by atoms with Crippen molar-refractivity contribution in [1.82, 2.24) is 0 Å². The van der Waals surface area contributed by atoms with E-state index >= 15 is 0 Å². The van der Waals surface area contributed by atoms with Crippen LogP contribution < -0.4 is 5.73 Å². The molecular weight excluding hydrogens is 166 g/mol. The molecule has 0 spiro atoms. The monoisotopic (exact) mass is 179 g/mol. The van der Waals surface area contributed by atoms with E-state index in [-0.39, 0.29) is 6.04 Å². The maximum atomic E-state index is 5.90. The summed E-state index contributed by atoms with van der Waals surface area (Å²) in [6, 6.07) is 8.85. The van der Waals surface area contributed by atoms with E-state index in [9.17, 15) is 0 Å². The van der Waals surface area contributed by atoms with Gasteiger partial charge in [-0.05, 0) is 18.6 Å². The van der Waals surface area contributed by atoms with E-state index in [0.717, 1.165) is 5.75 Å². The van der Waals surface area contributed by atoms with Gasteiger partial charge in [-0.2, -0.15) is 0 Å². The van der Waals surface area contributed by atoms with Gasteiger partial charge in [0.15, 0.2) is 0 Å². The number of hydrogen-bond donors (Lipinski definition) is 1. The normalized spacial score (nSPS) is 23.7. The molecule has 12 heavy (non-hydrogen) atoms. The third kappa shape index (κ3) is 1.25. The minimum atomic E-state index is 0.279. The molecule has 0 radical (unpaired) electrons. The maximum Gasteiger partial charge on any atom is 0.0108 e. The second-order valence-corrected chi connectivity index (χ2v) is 4.38. The second-order valence-electron chi connectivity index (χ2n) is 3.31. The lowest BCUT2D eigenvalue weighted by atomic mass is 9.95. The predicted molar refractivity (Wildman–Crippen MR) is 53.6 cm³/mol. The van der Waals surface area contributed by atoms with Crippen LogP contribution in [0.25, 0.3) is 0 Å². The Labute approximate surface area is 77.3 Å². The summed E-state index contributed by atoms with van der Waals surface area (Å²) in [4.78, 5) is 1.42. The lowest BCUT2D eigenvalue weighted by Gasteiger charge is -2.14. The molecule has 0 saturated heterocycles. The van der Waals surface area contributed by atoms with E-state index in [2.05, 4.69) is 31.2 Å². The fraction of sp³-hybridized carbons (Fsp3) is 0.400. The van der Waals surface area contributed by atoms with Gasteiger partial charge < -0.3 is 5.73 Å². The Hall–Kier alpha value is -0.470. The first kappa shape index (κ1) is 8.14. The molecule has 1 aromatic carbocycles. The third-order valence-electron chi connectivity index (χ3n) is 2.37. The van der Waals surface area contributed by atoms with E-state index < -0.39 is 0 Å². The van der Waals surface area contributed by atoms with Gasteiger partial charge in [-0.3, -0.25) is 0 Å². The SMILES string of the molecule is CC(N)C1CSc2ccccc21. The summed E-state index contributed by atoms with van der Waals surface area (Å²) in [5.74, 6) is 1.71. The van der Waals surface area contributed by atoms with E-state index in [1.807, 2.05) is 11.8 Å². The fourth-order valence-electron chi connectivity index (χ4n) is 1.62. The minimum Gasteiger partial charge on any atom is -0.327 e. The molecule has 0 amide bonds. The van der Waals surface area contributed by atoms with Crippen LogP contribution in [0.5, 0.6) is 0 Å². The molecule has 64 valence electrons. The molecule has 2 rings (SSSR count). The third-order valence-corrected chi connectivity index (χ3v) is 3.58.